The molecule has 1 fully saturated rings. The van der Waals surface area contributed by atoms with Crippen molar-refractivity contribution in [3.8, 4) is 0 Å². The molecule has 0 saturated heterocycles. The lowest BCUT2D eigenvalue weighted by atomic mass is 9.75. The minimum absolute atomic E-state index is 0.218. The minimum Gasteiger partial charge on any atom is -0.273 e. The van der Waals surface area contributed by atoms with Crippen LogP contribution in [0.1, 0.15) is 52.4 Å². The summed E-state index contributed by atoms with van der Waals surface area (Å²) < 4.78 is 0. The Morgan fingerprint density at radius 1 is 0.885 bits per heavy atom. The lowest BCUT2D eigenvalue weighted by Crippen LogP contribution is -2.43. The van der Waals surface area contributed by atoms with Crippen molar-refractivity contribution < 1.29 is 4.79 Å². The maximum atomic E-state index is 11.7. The van der Waals surface area contributed by atoms with Gasteiger partial charge in [-0.15, -0.1) is 0 Å². The zero-order chi connectivity index (χ0) is 18.8. The second kappa shape index (κ2) is 7.77. The molecule has 1 amide bonds. The van der Waals surface area contributed by atoms with E-state index in [9.17, 15) is 4.79 Å². The van der Waals surface area contributed by atoms with Crippen LogP contribution in [0.4, 0.5) is 0 Å². The Bertz CT molecular complexity index is 663. The Morgan fingerprint density at radius 3 is 2.12 bits per heavy atom. The molecule has 0 aromatic rings. The van der Waals surface area contributed by atoms with Crippen molar-refractivity contribution >= 4 is 17.3 Å². The van der Waals surface area contributed by atoms with E-state index in [4.69, 9.17) is 0 Å². The van der Waals surface area contributed by atoms with E-state index in [1.165, 1.54) is 29.3 Å². The summed E-state index contributed by atoms with van der Waals surface area (Å²) in [5, 5.41) is 12.2. The number of hydrazone groups is 2. The Morgan fingerprint density at radius 2 is 1.42 bits per heavy atom. The molecule has 2 heterocycles. The number of allylic oxidation sites excluding steroid dienone is 3. The van der Waals surface area contributed by atoms with E-state index in [0.29, 0.717) is 17.8 Å². The molecule has 4 aliphatic rings. The summed E-state index contributed by atoms with van der Waals surface area (Å²) in [7, 11) is 3.75. The zero-order valence-corrected chi connectivity index (χ0v) is 16.6. The van der Waals surface area contributed by atoms with Crippen LogP contribution in [0.3, 0.4) is 0 Å². The second-order valence-electron chi connectivity index (χ2n) is 8.01. The number of amides is 1. The molecule has 0 aromatic heterocycles. The summed E-state index contributed by atoms with van der Waals surface area (Å²) in [4.78, 5) is 11.7. The van der Waals surface area contributed by atoms with E-state index in [0.717, 1.165) is 31.4 Å². The number of carbonyl (C=O) groups is 1. The number of rotatable bonds is 0. The predicted octanol–water partition coefficient (Wildman–Crippen LogP) is 4.04. The highest BCUT2D eigenvalue weighted by atomic mass is 16.2. The van der Waals surface area contributed by atoms with E-state index in [1.807, 2.05) is 19.0 Å². The Hall–Kier alpha value is -1.91. The molecule has 0 radical (unpaired) electrons. The summed E-state index contributed by atoms with van der Waals surface area (Å²) in [5.41, 5.74) is 3.57. The number of nitrogens with zero attached hydrogens (tertiary/aromatic N) is 4. The summed E-state index contributed by atoms with van der Waals surface area (Å²) in [6.45, 7) is 8.27. The Labute approximate surface area is 157 Å². The number of carbonyl (C=O) groups excluding carboxylic acids is 1. The van der Waals surface area contributed by atoms with Gasteiger partial charge < -0.3 is 0 Å². The van der Waals surface area contributed by atoms with Crippen LogP contribution in [0, 0.1) is 23.7 Å². The fourth-order valence-corrected chi connectivity index (χ4v) is 4.79. The first-order chi connectivity index (χ1) is 12.4. The van der Waals surface area contributed by atoms with Crippen LogP contribution < -0.4 is 0 Å². The molecule has 2 aliphatic heterocycles. The molecule has 4 atom stereocenters. The van der Waals surface area contributed by atoms with Crippen molar-refractivity contribution in [3.05, 3.63) is 24.4 Å². The molecule has 5 heteroatoms. The summed E-state index contributed by atoms with van der Waals surface area (Å²) in [5.74, 6) is 2.09. The topological polar surface area (TPSA) is 48.3 Å². The van der Waals surface area contributed by atoms with E-state index in [2.05, 4.69) is 35.9 Å². The van der Waals surface area contributed by atoms with Gasteiger partial charge in [-0.05, 0) is 39.5 Å². The molecular formula is C21H32N4O. The highest BCUT2D eigenvalue weighted by Crippen LogP contribution is 2.36. The van der Waals surface area contributed by atoms with Crippen molar-refractivity contribution in [2.24, 2.45) is 33.9 Å². The van der Waals surface area contributed by atoms with Gasteiger partial charge in [-0.2, -0.15) is 10.2 Å². The molecule has 2 aliphatic carbocycles. The third-order valence-electron chi connectivity index (χ3n) is 6.37. The van der Waals surface area contributed by atoms with Gasteiger partial charge in [-0.3, -0.25) is 9.80 Å². The third kappa shape index (κ3) is 3.62. The first kappa shape index (κ1) is 18.9. The van der Waals surface area contributed by atoms with Gasteiger partial charge in [0.25, 0.3) is 0 Å². The van der Waals surface area contributed by atoms with Crippen molar-refractivity contribution in [3.63, 3.8) is 0 Å². The maximum absolute atomic E-state index is 11.7. The quantitative estimate of drug-likeness (QED) is 0.615. The molecule has 1 saturated carbocycles. The second-order valence-corrected chi connectivity index (χ2v) is 8.01. The van der Waals surface area contributed by atoms with Crippen molar-refractivity contribution in [2.75, 3.05) is 14.1 Å². The Balaban J connectivity index is 0.000000151. The standard InChI is InChI=1S/C11H16N2.C10H16N2O/c1-8-10-6-4-5-7-11(10)9(2)13(3)12-8;1-7-8-5-3-4-6-9(8)10(13)12(2)11-7/h4-5,10-11H,2,6-7H2,1,3H3;8-9H,3-6H2,1-2H3. The number of fused-ring (bicyclic) bond motifs is 2. The lowest BCUT2D eigenvalue weighted by Gasteiger charge is -2.37. The SMILES string of the molecule is C=C1C2CC=CCC2C(C)=NN1C.CC1=NN(C)C(=O)C2CCCCC12. The fourth-order valence-electron chi connectivity index (χ4n) is 4.79. The maximum Gasteiger partial charge on any atom is 0.246 e. The molecule has 26 heavy (non-hydrogen) atoms. The first-order valence-corrected chi connectivity index (χ1v) is 9.85. The molecule has 4 unspecified atom stereocenters. The lowest BCUT2D eigenvalue weighted by molar-refractivity contribution is -0.137. The number of hydrogen-bond donors (Lipinski definition) is 0. The average Bonchev–Trinajstić information content (AvgIpc) is 2.65. The van der Waals surface area contributed by atoms with Gasteiger partial charge >= 0.3 is 0 Å². The molecule has 4 rings (SSSR count). The van der Waals surface area contributed by atoms with Crippen LogP contribution in [0.2, 0.25) is 0 Å². The van der Waals surface area contributed by atoms with Crippen molar-refractivity contribution in [1.82, 2.24) is 10.0 Å². The summed E-state index contributed by atoms with van der Waals surface area (Å²) >= 11 is 0. The van der Waals surface area contributed by atoms with E-state index >= 15 is 0 Å². The van der Waals surface area contributed by atoms with Crippen LogP contribution in [-0.4, -0.2) is 41.4 Å². The smallest absolute Gasteiger partial charge is 0.246 e. The number of hydrogen-bond acceptors (Lipinski definition) is 4. The zero-order valence-electron chi connectivity index (χ0n) is 16.6. The summed E-state index contributed by atoms with van der Waals surface area (Å²) in [6, 6.07) is 0. The molecule has 0 aromatic carbocycles. The van der Waals surface area contributed by atoms with Crippen LogP contribution in [0.15, 0.2) is 34.6 Å². The van der Waals surface area contributed by atoms with Gasteiger partial charge in [0.2, 0.25) is 5.91 Å². The molecule has 142 valence electrons. The van der Waals surface area contributed by atoms with Crippen molar-refractivity contribution in [1.29, 1.82) is 0 Å². The van der Waals surface area contributed by atoms with Crippen LogP contribution in [-0.2, 0) is 4.79 Å². The minimum atomic E-state index is 0.218. The van der Waals surface area contributed by atoms with Crippen LogP contribution >= 0.6 is 0 Å². The fraction of sp³-hybridized carbons (Fsp3) is 0.667. The van der Waals surface area contributed by atoms with E-state index in [-0.39, 0.29) is 11.8 Å². The van der Waals surface area contributed by atoms with Gasteiger partial charge in [0.05, 0.1) is 0 Å². The van der Waals surface area contributed by atoms with Gasteiger partial charge in [0.1, 0.15) is 0 Å². The monoisotopic (exact) mass is 356 g/mol. The molecule has 0 N–H and O–H groups in total. The van der Waals surface area contributed by atoms with Gasteiger partial charge in [0.15, 0.2) is 0 Å². The van der Waals surface area contributed by atoms with Gasteiger partial charge in [0, 0.05) is 54.9 Å². The molecule has 5 nitrogen and oxygen atoms in total. The third-order valence-corrected chi connectivity index (χ3v) is 6.37. The van der Waals surface area contributed by atoms with E-state index < -0.39 is 0 Å². The largest absolute Gasteiger partial charge is 0.273 e. The Kier molecular flexibility index (Phi) is 5.64. The predicted molar refractivity (Wildman–Crippen MR) is 107 cm³/mol. The van der Waals surface area contributed by atoms with Crippen molar-refractivity contribution in [2.45, 2.75) is 52.4 Å². The molecule has 0 bridgehead atoms. The summed E-state index contributed by atoms with van der Waals surface area (Å²) in [6.07, 6.45) is 11.4. The highest BCUT2D eigenvalue weighted by Gasteiger charge is 2.37. The first-order valence-electron chi connectivity index (χ1n) is 9.85. The van der Waals surface area contributed by atoms with Crippen LogP contribution in [0.25, 0.3) is 0 Å². The molecule has 0 spiro atoms. The van der Waals surface area contributed by atoms with E-state index in [1.54, 1.807) is 7.05 Å². The normalized spacial score (nSPS) is 33.5. The highest BCUT2D eigenvalue weighted by molar-refractivity contribution is 5.94. The average molecular weight is 357 g/mol. The molecular weight excluding hydrogens is 324 g/mol. The van der Waals surface area contributed by atoms with Crippen LogP contribution in [0.5, 0.6) is 0 Å². The van der Waals surface area contributed by atoms with Gasteiger partial charge in [-0.25, -0.2) is 5.01 Å². The van der Waals surface area contributed by atoms with Gasteiger partial charge in [-0.1, -0.05) is 31.6 Å².